The molecule has 0 saturated heterocycles. The minimum absolute atomic E-state index is 0.00989. The SMILES string of the molecule is CCCc1ccc(NC(=O)C2=CN=C(c3c(-c4ccc(F)cc4)ncn3C(F)(F)F)C2)c(OC)c1. The van der Waals surface area contributed by atoms with Gasteiger partial charge in [0, 0.05) is 23.8 Å². The third-order valence-corrected chi connectivity index (χ3v) is 5.51. The Morgan fingerprint density at radius 1 is 1.17 bits per heavy atom. The van der Waals surface area contributed by atoms with Crippen LogP contribution in [0.1, 0.15) is 31.0 Å². The Bertz CT molecular complexity index is 1310. The smallest absolute Gasteiger partial charge is 0.490 e. The number of nitrogens with zero attached hydrogens (tertiary/aromatic N) is 3. The molecule has 0 saturated carbocycles. The lowest BCUT2D eigenvalue weighted by atomic mass is 10.0. The van der Waals surface area contributed by atoms with E-state index in [1.54, 1.807) is 6.07 Å². The molecule has 3 aromatic rings. The van der Waals surface area contributed by atoms with E-state index in [1.165, 1.54) is 25.4 Å². The third kappa shape index (κ3) is 5.11. The Hall–Kier alpha value is -3.95. The van der Waals surface area contributed by atoms with Crippen LogP contribution in [0.25, 0.3) is 11.3 Å². The number of methoxy groups -OCH3 is 1. The van der Waals surface area contributed by atoms with E-state index >= 15 is 0 Å². The number of carbonyl (C=O) groups is 1. The molecular weight excluding hydrogens is 464 g/mol. The number of anilines is 1. The normalized spacial score (nSPS) is 13.4. The first-order valence-electron chi connectivity index (χ1n) is 10.9. The number of imidazole rings is 1. The number of halogens is 4. The number of benzene rings is 2. The highest BCUT2D eigenvalue weighted by atomic mass is 19.4. The summed E-state index contributed by atoms with van der Waals surface area (Å²) >= 11 is 0. The number of ether oxygens (including phenoxy) is 1. The average Bonchev–Trinajstić information content (AvgIpc) is 3.48. The van der Waals surface area contributed by atoms with Crippen molar-refractivity contribution in [3.8, 4) is 17.0 Å². The number of rotatable bonds is 7. The molecule has 6 nitrogen and oxygen atoms in total. The molecule has 1 aliphatic rings. The third-order valence-electron chi connectivity index (χ3n) is 5.51. The summed E-state index contributed by atoms with van der Waals surface area (Å²) in [5.74, 6) is -0.549. The van der Waals surface area contributed by atoms with Crippen molar-refractivity contribution in [2.24, 2.45) is 4.99 Å². The molecule has 0 atom stereocenters. The summed E-state index contributed by atoms with van der Waals surface area (Å²) in [6.45, 7) is 2.05. The molecule has 0 spiro atoms. The van der Waals surface area contributed by atoms with Crippen molar-refractivity contribution in [3.63, 3.8) is 0 Å². The number of carbonyl (C=O) groups excluding carboxylic acids is 1. The van der Waals surface area contributed by atoms with Crippen LogP contribution < -0.4 is 10.1 Å². The fraction of sp³-hybridized carbons (Fsp3) is 0.240. The molecule has 1 amide bonds. The van der Waals surface area contributed by atoms with Gasteiger partial charge in [0.2, 0.25) is 0 Å². The maximum absolute atomic E-state index is 13.7. The number of aliphatic imine (C=N–C) groups is 1. The second-order valence-corrected chi connectivity index (χ2v) is 7.93. The van der Waals surface area contributed by atoms with Gasteiger partial charge in [0.1, 0.15) is 17.9 Å². The van der Waals surface area contributed by atoms with Crippen LogP contribution in [-0.4, -0.2) is 28.3 Å². The Morgan fingerprint density at radius 2 is 1.91 bits per heavy atom. The number of aryl methyl sites for hydroxylation is 1. The summed E-state index contributed by atoms with van der Waals surface area (Å²) in [5, 5.41) is 2.74. The van der Waals surface area contributed by atoms with Gasteiger partial charge in [-0.1, -0.05) is 19.4 Å². The summed E-state index contributed by atoms with van der Waals surface area (Å²) in [6, 6.07) is 10.4. The van der Waals surface area contributed by atoms with Crippen LogP contribution in [0.4, 0.5) is 23.2 Å². The Labute approximate surface area is 199 Å². The molecule has 0 radical (unpaired) electrons. The molecule has 0 bridgehead atoms. The van der Waals surface area contributed by atoms with Crippen molar-refractivity contribution in [2.45, 2.75) is 32.5 Å². The highest BCUT2D eigenvalue weighted by molar-refractivity contribution is 6.15. The molecule has 4 rings (SSSR count). The molecule has 0 fully saturated rings. The van der Waals surface area contributed by atoms with E-state index in [4.69, 9.17) is 4.74 Å². The van der Waals surface area contributed by atoms with Crippen LogP contribution in [0, 0.1) is 5.82 Å². The van der Waals surface area contributed by atoms with Gasteiger partial charge < -0.3 is 10.1 Å². The summed E-state index contributed by atoms with van der Waals surface area (Å²) < 4.78 is 59.9. The van der Waals surface area contributed by atoms with Crippen molar-refractivity contribution in [2.75, 3.05) is 12.4 Å². The van der Waals surface area contributed by atoms with Crippen molar-refractivity contribution in [3.05, 3.63) is 77.6 Å². The Morgan fingerprint density at radius 3 is 2.57 bits per heavy atom. The minimum atomic E-state index is -4.76. The van der Waals surface area contributed by atoms with E-state index in [9.17, 15) is 22.4 Å². The van der Waals surface area contributed by atoms with E-state index < -0.39 is 18.0 Å². The standard InChI is InChI=1S/C25H22F4N4O2/c1-3-4-15-5-10-19(21(11-15)35-2)32-24(34)17-12-20(30-13-17)23-22(16-6-8-18(26)9-7-16)31-14-33(23)25(27,28)29/h5-11,13-14H,3-4,12H2,1-2H3,(H,32,34). The average molecular weight is 486 g/mol. The lowest BCUT2D eigenvalue weighted by Gasteiger charge is -2.14. The number of hydrogen-bond donors (Lipinski definition) is 1. The quantitative estimate of drug-likeness (QED) is 0.427. The molecule has 1 aliphatic heterocycles. The van der Waals surface area contributed by atoms with Gasteiger partial charge in [-0.2, -0.15) is 0 Å². The fourth-order valence-electron chi connectivity index (χ4n) is 3.83. The van der Waals surface area contributed by atoms with Gasteiger partial charge in [-0.3, -0.25) is 9.79 Å². The van der Waals surface area contributed by atoms with Gasteiger partial charge in [-0.15, -0.1) is 13.2 Å². The largest absolute Gasteiger partial charge is 0.495 e. The number of amides is 1. The lowest BCUT2D eigenvalue weighted by Crippen LogP contribution is -2.22. The summed E-state index contributed by atoms with van der Waals surface area (Å²) in [5.41, 5.74) is 1.69. The first-order chi connectivity index (χ1) is 16.7. The molecule has 10 heteroatoms. The van der Waals surface area contributed by atoms with Crippen LogP contribution in [0.5, 0.6) is 5.75 Å². The lowest BCUT2D eigenvalue weighted by molar-refractivity contribution is -0.204. The maximum Gasteiger partial charge on any atom is 0.490 e. The van der Waals surface area contributed by atoms with E-state index in [2.05, 4.69) is 22.2 Å². The second-order valence-electron chi connectivity index (χ2n) is 7.93. The predicted octanol–water partition coefficient (Wildman–Crippen LogP) is 5.84. The number of alkyl halides is 3. The molecule has 0 unspecified atom stereocenters. The van der Waals surface area contributed by atoms with Gasteiger partial charge >= 0.3 is 6.30 Å². The van der Waals surface area contributed by atoms with Crippen molar-refractivity contribution >= 4 is 17.3 Å². The minimum Gasteiger partial charge on any atom is -0.495 e. The summed E-state index contributed by atoms with van der Waals surface area (Å²) in [4.78, 5) is 20.9. The van der Waals surface area contributed by atoms with Gasteiger partial charge in [0.25, 0.3) is 5.91 Å². The Kier molecular flexibility index (Phi) is 6.72. The van der Waals surface area contributed by atoms with E-state index in [0.29, 0.717) is 23.3 Å². The molecule has 2 heterocycles. The first kappa shape index (κ1) is 24.2. The zero-order chi connectivity index (χ0) is 25.2. The first-order valence-corrected chi connectivity index (χ1v) is 10.9. The van der Waals surface area contributed by atoms with Crippen LogP contribution in [-0.2, 0) is 17.5 Å². The van der Waals surface area contributed by atoms with Crippen molar-refractivity contribution in [1.82, 2.24) is 9.55 Å². The molecular formula is C25H22F4N4O2. The topological polar surface area (TPSA) is 68.5 Å². The number of nitrogens with one attached hydrogen (secondary N) is 1. The predicted molar refractivity (Wildman–Crippen MR) is 124 cm³/mol. The van der Waals surface area contributed by atoms with Crippen LogP contribution in [0.2, 0.25) is 0 Å². The van der Waals surface area contributed by atoms with Crippen molar-refractivity contribution < 1.29 is 27.1 Å². The van der Waals surface area contributed by atoms with Crippen LogP contribution in [0.15, 0.2) is 65.6 Å². The number of hydrogen-bond acceptors (Lipinski definition) is 4. The molecule has 35 heavy (non-hydrogen) atoms. The van der Waals surface area contributed by atoms with Gasteiger partial charge in [0.05, 0.1) is 29.9 Å². The van der Waals surface area contributed by atoms with Gasteiger partial charge in [-0.25, -0.2) is 13.9 Å². The van der Waals surface area contributed by atoms with Gasteiger partial charge in [0.15, 0.2) is 0 Å². The maximum atomic E-state index is 13.7. The summed E-state index contributed by atoms with van der Waals surface area (Å²) in [6.07, 6.45) is -1.20. The second kappa shape index (κ2) is 9.73. The fourth-order valence-corrected chi connectivity index (χ4v) is 3.83. The number of aromatic nitrogens is 2. The molecule has 1 aromatic heterocycles. The Balaban J connectivity index is 1.58. The highest BCUT2D eigenvalue weighted by Gasteiger charge is 2.37. The van der Waals surface area contributed by atoms with E-state index in [-0.39, 0.29) is 33.7 Å². The van der Waals surface area contributed by atoms with E-state index in [1.807, 2.05) is 12.1 Å². The molecule has 0 aliphatic carbocycles. The van der Waals surface area contributed by atoms with Crippen LogP contribution >= 0.6 is 0 Å². The molecule has 182 valence electrons. The van der Waals surface area contributed by atoms with E-state index in [0.717, 1.165) is 30.5 Å². The zero-order valence-corrected chi connectivity index (χ0v) is 19.0. The molecule has 2 aromatic carbocycles. The monoisotopic (exact) mass is 486 g/mol. The molecule has 1 N–H and O–H groups in total. The van der Waals surface area contributed by atoms with Crippen LogP contribution in [0.3, 0.4) is 0 Å². The highest BCUT2D eigenvalue weighted by Crippen LogP contribution is 2.34. The summed E-state index contributed by atoms with van der Waals surface area (Å²) in [7, 11) is 1.49. The van der Waals surface area contributed by atoms with Crippen molar-refractivity contribution in [1.29, 1.82) is 0 Å². The van der Waals surface area contributed by atoms with Gasteiger partial charge in [-0.05, 0) is 48.4 Å². The zero-order valence-electron chi connectivity index (χ0n) is 19.0.